The maximum Gasteiger partial charge on any atom is 0.178 e. The fourth-order valence-corrected chi connectivity index (χ4v) is 3.87. The van der Waals surface area contributed by atoms with Crippen molar-refractivity contribution in [3.63, 3.8) is 0 Å². The number of hydrogen-bond acceptors (Lipinski definition) is 5. The van der Waals surface area contributed by atoms with E-state index in [4.69, 9.17) is 18.7 Å². The second-order valence-corrected chi connectivity index (χ2v) is 8.72. The van der Waals surface area contributed by atoms with E-state index in [0.717, 1.165) is 52.1 Å². The van der Waals surface area contributed by atoms with Crippen LogP contribution in [0.25, 0.3) is 22.5 Å². The molecule has 0 aliphatic rings. The molecule has 2 aromatic carbocycles. The van der Waals surface area contributed by atoms with Crippen LogP contribution in [0.15, 0.2) is 53.2 Å². The van der Waals surface area contributed by atoms with Crippen LogP contribution < -0.4 is 14.2 Å². The third-order valence-electron chi connectivity index (χ3n) is 5.08. The fraction of sp³-hybridized carbons (Fsp3) is 0.423. The van der Waals surface area contributed by atoms with Gasteiger partial charge in [-0.2, -0.15) is 0 Å². The van der Waals surface area contributed by atoms with Crippen molar-refractivity contribution in [2.24, 2.45) is 0 Å². The van der Waals surface area contributed by atoms with Crippen LogP contribution in [-0.4, -0.2) is 30.3 Å². The summed E-state index contributed by atoms with van der Waals surface area (Å²) in [6.45, 7) is 4.68. The average molecular weight is 502 g/mol. The predicted molar refractivity (Wildman–Crippen MR) is 132 cm³/mol. The van der Waals surface area contributed by atoms with Crippen molar-refractivity contribution in [3.05, 3.63) is 48.7 Å². The molecule has 3 rings (SSSR count). The first-order valence-electron chi connectivity index (χ1n) is 11.2. The molecule has 0 amide bonds. The highest BCUT2D eigenvalue weighted by Crippen LogP contribution is 2.39. The first-order valence-corrected chi connectivity index (χ1v) is 12.3. The molecule has 3 aromatic rings. The Hall–Kier alpha value is -2.47. The number of aromatic nitrogens is 1. The van der Waals surface area contributed by atoms with Crippen LogP contribution in [0.1, 0.15) is 46.0 Å². The van der Waals surface area contributed by atoms with Gasteiger partial charge in [-0.05, 0) is 56.5 Å². The molecule has 0 bridgehead atoms. The van der Waals surface area contributed by atoms with Crippen molar-refractivity contribution < 1.29 is 18.7 Å². The molecule has 0 saturated heterocycles. The molecule has 32 heavy (non-hydrogen) atoms. The number of alkyl halides is 1. The minimum absolute atomic E-state index is 0.0864. The lowest BCUT2D eigenvalue weighted by Crippen LogP contribution is -2.06. The van der Waals surface area contributed by atoms with Gasteiger partial charge in [0.2, 0.25) is 0 Å². The van der Waals surface area contributed by atoms with Crippen molar-refractivity contribution in [3.8, 4) is 39.7 Å². The van der Waals surface area contributed by atoms with Gasteiger partial charge in [0.05, 0.1) is 31.6 Å². The van der Waals surface area contributed by atoms with E-state index in [2.05, 4.69) is 21.1 Å². The molecule has 0 fully saturated rings. The molecule has 0 aliphatic carbocycles. The van der Waals surface area contributed by atoms with E-state index < -0.39 is 0 Å². The zero-order valence-electron chi connectivity index (χ0n) is 19.1. The van der Waals surface area contributed by atoms with E-state index >= 15 is 0 Å². The summed E-state index contributed by atoms with van der Waals surface area (Å²) in [5.41, 5.74) is 2.77. The number of unbranched alkanes of at least 4 members (excludes halogenated alkanes) is 4. The van der Waals surface area contributed by atoms with Crippen LogP contribution in [0.2, 0.25) is 0 Å². The summed E-state index contributed by atoms with van der Waals surface area (Å²) < 4.78 is 23.1. The van der Waals surface area contributed by atoms with Gasteiger partial charge in [0.15, 0.2) is 5.76 Å². The van der Waals surface area contributed by atoms with Crippen molar-refractivity contribution in [2.45, 2.75) is 52.1 Å². The van der Waals surface area contributed by atoms with Gasteiger partial charge in [-0.1, -0.05) is 52.5 Å². The van der Waals surface area contributed by atoms with Crippen molar-refractivity contribution in [1.29, 1.82) is 0 Å². The van der Waals surface area contributed by atoms with Crippen LogP contribution in [0.5, 0.6) is 17.2 Å². The minimum Gasteiger partial charge on any atom is -0.497 e. The topological polar surface area (TPSA) is 53.7 Å². The number of hydrogen-bond donors (Lipinski definition) is 0. The summed E-state index contributed by atoms with van der Waals surface area (Å²) >= 11 is 3.49. The van der Waals surface area contributed by atoms with Gasteiger partial charge in [0, 0.05) is 17.0 Å². The molecule has 0 aliphatic heterocycles. The molecule has 0 saturated carbocycles. The van der Waals surface area contributed by atoms with Gasteiger partial charge in [-0.15, -0.1) is 0 Å². The SMILES string of the molecule is COc1ccc(-c2cnoc2-c2ccc(OC(C)C)cc2OCCCCCCCBr)cc1. The Labute approximate surface area is 199 Å². The van der Waals surface area contributed by atoms with Crippen LogP contribution in [-0.2, 0) is 0 Å². The Kier molecular flexibility index (Phi) is 9.47. The normalized spacial score (nSPS) is 11.0. The Morgan fingerprint density at radius 3 is 2.34 bits per heavy atom. The van der Waals surface area contributed by atoms with Gasteiger partial charge in [-0.25, -0.2) is 0 Å². The number of halogens is 1. The Morgan fingerprint density at radius 2 is 1.62 bits per heavy atom. The summed E-state index contributed by atoms with van der Waals surface area (Å²) in [5.74, 6) is 3.01. The molecule has 6 heteroatoms. The van der Waals surface area contributed by atoms with Gasteiger partial charge in [0.25, 0.3) is 0 Å². The maximum atomic E-state index is 6.22. The highest BCUT2D eigenvalue weighted by atomic mass is 79.9. The van der Waals surface area contributed by atoms with Crippen molar-refractivity contribution >= 4 is 15.9 Å². The van der Waals surface area contributed by atoms with E-state index in [1.807, 2.05) is 56.3 Å². The molecule has 0 N–H and O–H groups in total. The molecule has 1 aromatic heterocycles. The first kappa shape index (κ1) is 24.2. The summed E-state index contributed by atoms with van der Waals surface area (Å²) in [6, 6.07) is 13.7. The standard InChI is InChI=1S/C26H32BrNO4/c1-19(2)31-22-13-14-23(25(17-22)30-16-8-6-4-5-7-15-27)26-24(18-28-32-26)20-9-11-21(29-3)12-10-20/h9-14,17-19H,4-8,15-16H2,1-3H3. The Morgan fingerprint density at radius 1 is 0.906 bits per heavy atom. The second-order valence-electron chi connectivity index (χ2n) is 7.93. The first-order chi connectivity index (χ1) is 15.6. The summed E-state index contributed by atoms with van der Waals surface area (Å²) in [4.78, 5) is 0. The highest BCUT2D eigenvalue weighted by molar-refractivity contribution is 9.09. The average Bonchev–Trinajstić information content (AvgIpc) is 3.28. The van der Waals surface area contributed by atoms with Gasteiger partial charge < -0.3 is 18.7 Å². The Bertz CT molecular complexity index is 953. The lowest BCUT2D eigenvalue weighted by Gasteiger charge is -2.15. The summed E-state index contributed by atoms with van der Waals surface area (Å²) in [5, 5.41) is 5.14. The number of nitrogens with zero attached hydrogens (tertiary/aromatic N) is 1. The molecule has 172 valence electrons. The lowest BCUT2D eigenvalue weighted by atomic mass is 10.0. The molecule has 0 spiro atoms. The lowest BCUT2D eigenvalue weighted by molar-refractivity contribution is 0.239. The van der Waals surface area contributed by atoms with Gasteiger partial charge in [-0.3, -0.25) is 0 Å². The molecule has 5 nitrogen and oxygen atoms in total. The van der Waals surface area contributed by atoms with E-state index in [1.165, 1.54) is 19.3 Å². The minimum atomic E-state index is 0.0864. The van der Waals surface area contributed by atoms with E-state index in [1.54, 1.807) is 13.3 Å². The van der Waals surface area contributed by atoms with Crippen molar-refractivity contribution in [1.82, 2.24) is 5.16 Å². The number of benzene rings is 2. The number of ether oxygens (including phenoxy) is 3. The molecule has 0 radical (unpaired) electrons. The van der Waals surface area contributed by atoms with E-state index in [9.17, 15) is 0 Å². The second kappa shape index (κ2) is 12.5. The van der Waals surface area contributed by atoms with Crippen LogP contribution in [0.3, 0.4) is 0 Å². The van der Waals surface area contributed by atoms with E-state index in [0.29, 0.717) is 12.4 Å². The largest absolute Gasteiger partial charge is 0.497 e. The van der Waals surface area contributed by atoms with Crippen LogP contribution in [0.4, 0.5) is 0 Å². The fourth-order valence-electron chi connectivity index (χ4n) is 3.47. The van der Waals surface area contributed by atoms with Gasteiger partial charge >= 0.3 is 0 Å². The van der Waals surface area contributed by atoms with Gasteiger partial charge in [0.1, 0.15) is 17.2 Å². The Balaban J connectivity index is 1.81. The predicted octanol–water partition coefficient (Wildman–Crippen LogP) is 7.53. The molecular formula is C26H32BrNO4. The molecule has 0 atom stereocenters. The number of rotatable bonds is 13. The zero-order chi connectivity index (χ0) is 22.8. The summed E-state index contributed by atoms with van der Waals surface area (Å²) in [6.07, 6.45) is 7.69. The van der Waals surface area contributed by atoms with E-state index in [-0.39, 0.29) is 6.10 Å². The molecular weight excluding hydrogens is 470 g/mol. The van der Waals surface area contributed by atoms with Crippen molar-refractivity contribution in [2.75, 3.05) is 19.0 Å². The monoisotopic (exact) mass is 501 g/mol. The molecule has 1 heterocycles. The third kappa shape index (κ3) is 6.76. The number of methoxy groups -OCH3 is 1. The highest BCUT2D eigenvalue weighted by Gasteiger charge is 2.18. The third-order valence-corrected chi connectivity index (χ3v) is 5.64. The zero-order valence-corrected chi connectivity index (χ0v) is 20.7. The quantitative estimate of drug-likeness (QED) is 0.179. The van der Waals surface area contributed by atoms with Crippen LogP contribution in [0, 0.1) is 0 Å². The van der Waals surface area contributed by atoms with Crippen LogP contribution >= 0.6 is 15.9 Å². The smallest absolute Gasteiger partial charge is 0.178 e. The summed E-state index contributed by atoms with van der Waals surface area (Å²) in [7, 11) is 1.66. The molecule has 0 unspecified atom stereocenters. The maximum absolute atomic E-state index is 6.22.